The van der Waals surface area contributed by atoms with E-state index >= 15 is 0 Å². The van der Waals surface area contributed by atoms with E-state index in [9.17, 15) is 4.79 Å². The van der Waals surface area contributed by atoms with Gasteiger partial charge >= 0.3 is 5.97 Å². The zero-order valence-electron chi connectivity index (χ0n) is 6.60. The molecule has 3 nitrogen and oxygen atoms in total. The Labute approximate surface area is 80.6 Å². The zero-order chi connectivity index (χ0) is 9.84. The molecule has 1 rings (SSSR count). The van der Waals surface area contributed by atoms with E-state index in [1.165, 1.54) is 24.3 Å². The smallest absolute Gasteiger partial charge is 0.316 e. The first-order valence-corrected chi connectivity index (χ1v) is 3.95. The maximum Gasteiger partial charge on any atom is 0.316 e. The first-order valence-electron chi connectivity index (χ1n) is 3.54. The van der Waals surface area contributed by atoms with Crippen LogP contribution in [0.25, 0.3) is 0 Å². The Kier molecular flexibility index (Phi) is 2.97. The lowest BCUT2D eigenvalue weighted by molar-refractivity contribution is -0.136. The molecule has 0 aliphatic rings. The van der Waals surface area contributed by atoms with E-state index in [1.54, 1.807) is 0 Å². The van der Waals surface area contributed by atoms with Gasteiger partial charge in [-0.15, -0.1) is 0 Å². The fraction of sp³-hybridized carbons (Fsp3) is 0.111. The molecular weight excluding hydrogens is 188 g/mol. The second-order valence-corrected chi connectivity index (χ2v) is 2.72. The molecule has 2 N–H and O–H groups in total. The quantitative estimate of drug-likeness (QED) is 0.716. The Morgan fingerprint density at radius 3 is 2.31 bits per heavy atom. The second-order valence-electron chi connectivity index (χ2n) is 2.48. The molecule has 0 aromatic heterocycles. The molecule has 0 aliphatic carbocycles. The molecule has 67 valence electrons. The van der Waals surface area contributed by atoms with Crippen molar-refractivity contribution in [2.24, 2.45) is 0 Å². The van der Waals surface area contributed by atoms with Gasteiger partial charge in [-0.25, -0.2) is 0 Å². The minimum Gasteiger partial charge on any atom is -0.508 e. The third-order valence-electron chi connectivity index (χ3n) is 1.59. The van der Waals surface area contributed by atoms with Crippen LogP contribution in [0.2, 0.25) is 0 Å². The van der Waals surface area contributed by atoms with Crippen molar-refractivity contribution < 1.29 is 15.0 Å². The zero-order valence-corrected chi connectivity index (χ0v) is 7.41. The molecule has 1 aromatic rings. The lowest BCUT2D eigenvalue weighted by Gasteiger charge is -2.05. The van der Waals surface area contributed by atoms with Crippen molar-refractivity contribution in [2.45, 2.75) is 5.92 Å². The number of carboxylic acids is 1. The van der Waals surface area contributed by atoms with Crippen molar-refractivity contribution in [3.63, 3.8) is 0 Å². The monoisotopic (exact) mass is 195 g/mol. The third kappa shape index (κ3) is 2.26. The molecule has 0 saturated heterocycles. The van der Waals surface area contributed by atoms with Gasteiger partial charge in [0.2, 0.25) is 0 Å². The van der Waals surface area contributed by atoms with Gasteiger partial charge in [0.05, 0.1) is 0 Å². The molecule has 0 amide bonds. The lowest BCUT2D eigenvalue weighted by atomic mass is 10.0. The van der Waals surface area contributed by atoms with E-state index in [4.69, 9.17) is 10.2 Å². The standard InChI is InChI=1S/C9H7O3S/c10-7-3-1-6(2-4-7)8(5-13)9(11)12/h1-4,8,10H,(H,11,12). The minimum atomic E-state index is -1.04. The third-order valence-corrected chi connectivity index (χ3v) is 1.83. The van der Waals surface area contributed by atoms with Gasteiger partial charge in [-0.2, -0.15) is 0 Å². The number of thiocarbonyl (C=S) groups is 1. The fourth-order valence-corrected chi connectivity index (χ4v) is 1.16. The number of hydrogen-bond donors (Lipinski definition) is 2. The maximum absolute atomic E-state index is 10.6. The Morgan fingerprint density at radius 2 is 1.92 bits per heavy atom. The molecule has 0 heterocycles. The van der Waals surface area contributed by atoms with Crippen LogP contribution in [0.15, 0.2) is 24.3 Å². The van der Waals surface area contributed by atoms with Crippen LogP contribution in [0.1, 0.15) is 11.5 Å². The van der Waals surface area contributed by atoms with Crippen LogP contribution < -0.4 is 0 Å². The van der Waals surface area contributed by atoms with Crippen LogP contribution in [0.3, 0.4) is 0 Å². The molecule has 0 bridgehead atoms. The molecule has 0 saturated carbocycles. The average molecular weight is 195 g/mol. The summed E-state index contributed by atoms with van der Waals surface area (Å²) < 4.78 is 0. The van der Waals surface area contributed by atoms with Gasteiger partial charge in [-0.1, -0.05) is 24.4 Å². The summed E-state index contributed by atoms with van der Waals surface area (Å²) >= 11 is 4.47. The maximum atomic E-state index is 10.6. The van der Waals surface area contributed by atoms with Crippen LogP contribution in [0, 0.1) is 0 Å². The molecule has 1 radical (unpaired) electrons. The average Bonchev–Trinajstić information content (AvgIpc) is 2.09. The predicted octanol–water partition coefficient (Wildman–Crippen LogP) is 1.44. The summed E-state index contributed by atoms with van der Waals surface area (Å²) in [6.45, 7) is 0. The fourth-order valence-electron chi connectivity index (χ4n) is 0.928. The molecule has 1 unspecified atom stereocenters. The van der Waals surface area contributed by atoms with Gasteiger partial charge in [-0.05, 0) is 17.7 Å². The molecule has 1 atom stereocenters. The second kappa shape index (κ2) is 4.00. The predicted molar refractivity (Wildman–Crippen MR) is 51.1 cm³/mol. The van der Waals surface area contributed by atoms with E-state index in [0.717, 1.165) is 0 Å². The number of aromatic hydroxyl groups is 1. The van der Waals surface area contributed by atoms with Gasteiger partial charge in [-0.3, -0.25) is 4.79 Å². The van der Waals surface area contributed by atoms with Gasteiger partial charge in [0.1, 0.15) is 11.7 Å². The van der Waals surface area contributed by atoms with E-state index < -0.39 is 11.9 Å². The topological polar surface area (TPSA) is 57.5 Å². The van der Waals surface area contributed by atoms with Crippen LogP contribution in [-0.4, -0.2) is 21.5 Å². The number of benzene rings is 1. The molecule has 4 heteroatoms. The van der Waals surface area contributed by atoms with Gasteiger partial charge in [0.25, 0.3) is 0 Å². The number of phenols is 1. The van der Waals surface area contributed by atoms with Crippen molar-refractivity contribution in [3.05, 3.63) is 29.8 Å². The highest BCUT2D eigenvalue weighted by Crippen LogP contribution is 2.17. The number of carboxylic acid groups (broad SMARTS) is 1. The van der Waals surface area contributed by atoms with Crippen LogP contribution in [0.4, 0.5) is 0 Å². The van der Waals surface area contributed by atoms with Crippen molar-refractivity contribution in [1.82, 2.24) is 0 Å². The van der Waals surface area contributed by atoms with Gasteiger partial charge in [0.15, 0.2) is 0 Å². The molecule has 0 aliphatic heterocycles. The summed E-state index contributed by atoms with van der Waals surface area (Å²) in [4.78, 5) is 10.6. The van der Waals surface area contributed by atoms with E-state index in [2.05, 4.69) is 17.6 Å². The van der Waals surface area contributed by atoms with Crippen molar-refractivity contribution in [1.29, 1.82) is 0 Å². The Balaban J connectivity index is 2.99. The molecule has 1 aromatic carbocycles. The number of carbonyl (C=O) groups is 1. The van der Waals surface area contributed by atoms with E-state index in [1.807, 2.05) is 0 Å². The Morgan fingerprint density at radius 1 is 1.38 bits per heavy atom. The summed E-state index contributed by atoms with van der Waals surface area (Å²) in [7, 11) is 0. The van der Waals surface area contributed by atoms with E-state index in [-0.39, 0.29) is 5.75 Å². The molecule has 0 spiro atoms. The van der Waals surface area contributed by atoms with Crippen molar-refractivity contribution in [2.75, 3.05) is 0 Å². The Hall–Kier alpha value is -1.42. The number of hydrogen-bond acceptors (Lipinski definition) is 3. The van der Waals surface area contributed by atoms with Gasteiger partial charge in [0, 0.05) is 5.37 Å². The van der Waals surface area contributed by atoms with Crippen LogP contribution >= 0.6 is 12.2 Å². The van der Waals surface area contributed by atoms with Crippen LogP contribution in [0.5, 0.6) is 5.75 Å². The summed E-state index contributed by atoms with van der Waals surface area (Å²) in [5, 5.41) is 19.9. The summed E-state index contributed by atoms with van der Waals surface area (Å²) in [5.74, 6) is -1.85. The minimum absolute atomic E-state index is 0.0947. The molecule has 0 fully saturated rings. The van der Waals surface area contributed by atoms with Gasteiger partial charge < -0.3 is 10.2 Å². The molecule has 13 heavy (non-hydrogen) atoms. The number of rotatable bonds is 3. The number of aliphatic carboxylic acids is 1. The highest BCUT2D eigenvalue weighted by atomic mass is 32.1. The summed E-state index contributed by atoms with van der Waals surface area (Å²) in [6, 6.07) is 5.84. The van der Waals surface area contributed by atoms with Crippen LogP contribution in [-0.2, 0) is 4.79 Å². The van der Waals surface area contributed by atoms with E-state index in [0.29, 0.717) is 5.56 Å². The highest BCUT2D eigenvalue weighted by molar-refractivity contribution is 7.79. The Bertz CT molecular complexity index is 318. The first-order chi connectivity index (χ1) is 6.15. The molecular formula is C9H7O3S. The highest BCUT2D eigenvalue weighted by Gasteiger charge is 2.16. The first kappa shape index (κ1) is 9.67. The normalized spacial score (nSPS) is 12.0. The summed E-state index contributed by atoms with van der Waals surface area (Å²) in [5.41, 5.74) is 0.514. The lowest BCUT2D eigenvalue weighted by Crippen LogP contribution is -2.11. The van der Waals surface area contributed by atoms with Crippen molar-refractivity contribution in [3.8, 4) is 5.75 Å². The summed E-state index contributed by atoms with van der Waals surface area (Å²) in [6.07, 6.45) is 0. The number of phenolic OH excluding ortho intramolecular Hbond substituents is 1. The largest absolute Gasteiger partial charge is 0.508 e. The SMILES string of the molecule is O=C(O)C([C]=S)c1ccc(O)cc1. The van der Waals surface area contributed by atoms with Crippen molar-refractivity contribution >= 4 is 23.6 Å².